The Morgan fingerprint density at radius 2 is 2.26 bits per heavy atom. The summed E-state index contributed by atoms with van der Waals surface area (Å²) in [7, 11) is 1.85. The number of carbonyl (C=O) groups is 2. The molecule has 1 aliphatic heterocycles. The highest BCUT2D eigenvalue weighted by atomic mass is 16.4. The van der Waals surface area contributed by atoms with Crippen molar-refractivity contribution in [3.8, 4) is 0 Å². The summed E-state index contributed by atoms with van der Waals surface area (Å²) in [4.78, 5) is 24.4. The lowest BCUT2D eigenvalue weighted by Gasteiger charge is -2.16. The molecule has 2 heterocycles. The first kappa shape index (κ1) is 11.7. The summed E-state index contributed by atoms with van der Waals surface area (Å²) in [6.07, 6.45) is 1.80. The molecule has 6 nitrogen and oxygen atoms in total. The maximum absolute atomic E-state index is 11.9. The van der Waals surface area contributed by atoms with Crippen LogP contribution in [0.3, 0.4) is 0 Å². The van der Waals surface area contributed by atoms with Crippen LogP contribution in [0.25, 0.3) is 10.9 Å². The molecule has 2 aromatic rings. The first-order valence-corrected chi connectivity index (χ1v) is 6.01. The monoisotopic (exact) mass is 259 g/mol. The molecule has 0 spiro atoms. The average molecular weight is 259 g/mol. The van der Waals surface area contributed by atoms with Gasteiger partial charge in [0.1, 0.15) is 0 Å². The Labute approximate surface area is 109 Å². The van der Waals surface area contributed by atoms with Crippen molar-refractivity contribution in [2.24, 2.45) is 13.0 Å². The average Bonchev–Trinajstić information content (AvgIpc) is 2.93. The molecule has 1 aliphatic rings. The van der Waals surface area contributed by atoms with Gasteiger partial charge >= 0.3 is 5.97 Å². The van der Waals surface area contributed by atoms with Gasteiger partial charge in [-0.1, -0.05) is 0 Å². The van der Waals surface area contributed by atoms with Crippen LogP contribution in [0.5, 0.6) is 0 Å². The van der Waals surface area contributed by atoms with E-state index in [1.165, 1.54) is 4.90 Å². The number of rotatable bonds is 2. The van der Waals surface area contributed by atoms with Gasteiger partial charge in [-0.3, -0.25) is 14.3 Å². The normalized spacial score (nSPS) is 19.3. The lowest BCUT2D eigenvalue weighted by atomic mass is 10.1. The summed E-state index contributed by atoms with van der Waals surface area (Å²) in [6.45, 7) is 0.236. The summed E-state index contributed by atoms with van der Waals surface area (Å²) in [5, 5.41) is 14.1. The Bertz CT molecular complexity index is 677. The number of amides is 1. The zero-order valence-corrected chi connectivity index (χ0v) is 10.4. The van der Waals surface area contributed by atoms with E-state index in [9.17, 15) is 9.59 Å². The van der Waals surface area contributed by atoms with Crippen molar-refractivity contribution in [1.82, 2.24) is 9.78 Å². The lowest BCUT2D eigenvalue weighted by Crippen LogP contribution is -2.25. The molecule has 6 heteroatoms. The standard InChI is InChI=1S/C13H13N3O3/c1-15-11-3-2-10(4-8(11)6-14-15)16-7-9(13(18)19)5-12(16)17/h2-4,6,9H,5,7H2,1H3,(H,18,19). The molecule has 0 radical (unpaired) electrons. The Morgan fingerprint density at radius 3 is 2.95 bits per heavy atom. The van der Waals surface area contributed by atoms with E-state index in [1.54, 1.807) is 10.9 Å². The number of anilines is 1. The number of nitrogens with zero attached hydrogens (tertiary/aromatic N) is 3. The summed E-state index contributed by atoms with van der Waals surface area (Å²) >= 11 is 0. The molecule has 0 aliphatic carbocycles. The largest absolute Gasteiger partial charge is 0.481 e. The second kappa shape index (κ2) is 4.08. The van der Waals surface area contributed by atoms with Gasteiger partial charge in [0.15, 0.2) is 0 Å². The van der Waals surface area contributed by atoms with E-state index >= 15 is 0 Å². The fourth-order valence-electron chi connectivity index (χ4n) is 2.44. The molecule has 1 N–H and O–H groups in total. The SMILES string of the molecule is Cn1ncc2cc(N3CC(C(=O)O)CC3=O)ccc21. The number of carboxylic acids is 1. The van der Waals surface area contributed by atoms with E-state index in [1.807, 2.05) is 25.2 Å². The van der Waals surface area contributed by atoms with Crippen LogP contribution >= 0.6 is 0 Å². The fraction of sp³-hybridized carbons (Fsp3) is 0.308. The van der Waals surface area contributed by atoms with Crippen LogP contribution in [0.4, 0.5) is 5.69 Å². The zero-order valence-electron chi connectivity index (χ0n) is 10.4. The van der Waals surface area contributed by atoms with Gasteiger partial charge in [0.2, 0.25) is 5.91 Å². The van der Waals surface area contributed by atoms with Crippen molar-refractivity contribution in [3.63, 3.8) is 0 Å². The van der Waals surface area contributed by atoms with Crippen LogP contribution in [-0.4, -0.2) is 33.3 Å². The van der Waals surface area contributed by atoms with Crippen molar-refractivity contribution in [2.45, 2.75) is 6.42 Å². The first-order valence-electron chi connectivity index (χ1n) is 6.01. The van der Waals surface area contributed by atoms with Gasteiger partial charge in [0, 0.05) is 31.1 Å². The molecular weight excluding hydrogens is 246 g/mol. The topological polar surface area (TPSA) is 75.4 Å². The number of benzene rings is 1. The molecular formula is C13H13N3O3. The number of aryl methyl sites for hydroxylation is 1. The molecule has 98 valence electrons. The molecule has 1 aromatic carbocycles. The minimum absolute atomic E-state index is 0.0699. The number of hydrogen-bond acceptors (Lipinski definition) is 3. The van der Waals surface area contributed by atoms with Crippen molar-refractivity contribution >= 4 is 28.5 Å². The minimum Gasteiger partial charge on any atom is -0.481 e. The van der Waals surface area contributed by atoms with Gasteiger partial charge in [-0.15, -0.1) is 0 Å². The van der Waals surface area contributed by atoms with Gasteiger partial charge in [-0.25, -0.2) is 0 Å². The molecule has 1 amide bonds. The van der Waals surface area contributed by atoms with Crippen molar-refractivity contribution in [1.29, 1.82) is 0 Å². The molecule has 0 bridgehead atoms. The van der Waals surface area contributed by atoms with Gasteiger partial charge in [0.25, 0.3) is 0 Å². The van der Waals surface area contributed by atoms with Crippen LogP contribution in [0.1, 0.15) is 6.42 Å². The van der Waals surface area contributed by atoms with Crippen molar-refractivity contribution in [2.75, 3.05) is 11.4 Å². The fourth-order valence-corrected chi connectivity index (χ4v) is 2.44. The Hall–Kier alpha value is -2.37. The highest BCUT2D eigenvalue weighted by Gasteiger charge is 2.35. The molecule has 1 fully saturated rings. The third-order valence-electron chi connectivity index (χ3n) is 3.52. The quantitative estimate of drug-likeness (QED) is 0.873. The van der Waals surface area contributed by atoms with Gasteiger partial charge < -0.3 is 10.0 Å². The van der Waals surface area contributed by atoms with Crippen LogP contribution < -0.4 is 4.90 Å². The van der Waals surface area contributed by atoms with Gasteiger partial charge in [-0.2, -0.15) is 5.10 Å². The Kier molecular flexibility index (Phi) is 2.51. The van der Waals surface area contributed by atoms with Crippen molar-refractivity contribution < 1.29 is 14.7 Å². The number of aliphatic carboxylic acids is 1. The molecule has 1 aromatic heterocycles. The van der Waals surface area contributed by atoms with E-state index in [4.69, 9.17) is 5.11 Å². The molecule has 1 saturated heterocycles. The predicted octanol–water partition coefficient (Wildman–Crippen LogP) is 1.01. The lowest BCUT2D eigenvalue weighted by molar-refractivity contribution is -0.141. The second-order valence-electron chi connectivity index (χ2n) is 4.75. The Morgan fingerprint density at radius 1 is 1.47 bits per heavy atom. The number of carbonyl (C=O) groups excluding carboxylic acids is 1. The van der Waals surface area contributed by atoms with E-state index in [0.29, 0.717) is 0 Å². The van der Waals surface area contributed by atoms with Crippen LogP contribution in [-0.2, 0) is 16.6 Å². The predicted molar refractivity (Wildman–Crippen MR) is 68.8 cm³/mol. The zero-order chi connectivity index (χ0) is 13.6. The van der Waals surface area contributed by atoms with Gasteiger partial charge in [0.05, 0.1) is 17.6 Å². The molecule has 19 heavy (non-hydrogen) atoms. The maximum atomic E-state index is 11.9. The summed E-state index contributed by atoms with van der Waals surface area (Å²) in [6, 6.07) is 5.58. The van der Waals surface area contributed by atoms with E-state index in [2.05, 4.69) is 5.10 Å². The third kappa shape index (κ3) is 1.85. The van der Waals surface area contributed by atoms with E-state index in [0.717, 1.165) is 16.6 Å². The number of aromatic nitrogens is 2. The van der Waals surface area contributed by atoms with Crippen LogP contribution in [0, 0.1) is 5.92 Å². The number of fused-ring (bicyclic) bond motifs is 1. The Balaban J connectivity index is 1.96. The summed E-state index contributed by atoms with van der Waals surface area (Å²) in [5.74, 6) is -1.67. The molecule has 0 saturated carbocycles. The minimum atomic E-state index is -0.918. The first-order chi connectivity index (χ1) is 9.06. The van der Waals surface area contributed by atoms with Crippen LogP contribution in [0.15, 0.2) is 24.4 Å². The summed E-state index contributed by atoms with van der Waals surface area (Å²) < 4.78 is 1.75. The van der Waals surface area contributed by atoms with Gasteiger partial charge in [-0.05, 0) is 18.2 Å². The molecule has 3 rings (SSSR count). The molecule has 1 atom stereocenters. The van der Waals surface area contributed by atoms with Crippen LogP contribution in [0.2, 0.25) is 0 Å². The number of hydrogen-bond donors (Lipinski definition) is 1. The van der Waals surface area contributed by atoms with E-state index < -0.39 is 11.9 Å². The second-order valence-corrected chi connectivity index (χ2v) is 4.75. The van der Waals surface area contributed by atoms with Crippen molar-refractivity contribution in [3.05, 3.63) is 24.4 Å². The van der Waals surface area contributed by atoms with E-state index in [-0.39, 0.29) is 18.9 Å². The number of carboxylic acid groups (broad SMARTS) is 1. The maximum Gasteiger partial charge on any atom is 0.308 e. The smallest absolute Gasteiger partial charge is 0.308 e. The third-order valence-corrected chi connectivity index (χ3v) is 3.52. The highest BCUT2D eigenvalue weighted by Crippen LogP contribution is 2.28. The highest BCUT2D eigenvalue weighted by molar-refractivity contribution is 6.00. The summed E-state index contributed by atoms with van der Waals surface area (Å²) in [5.41, 5.74) is 1.71. The molecule has 1 unspecified atom stereocenters.